The summed E-state index contributed by atoms with van der Waals surface area (Å²) >= 11 is 0. The minimum Gasteiger partial charge on any atom is -0.466 e. The average Bonchev–Trinajstić information content (AvgIpc) is 3.34. The van der Waals surface area contributed by atoms with Crippen LogP contribution in [-0.2, 0) is 86.5 Å². The third-order valence-corrected chi connectivity index (χ3v) is 9.78. The van der Waals surface area contributed by atoms with Gasteiger partial charge < -0.3 is 54.4 Å². The Kier molecular flexibility index (Phi) is 26.9. The van der Waals surface area contributed by atoms with Gasteiger partial charge in [0.1, 0.15) is 50.2 Å². The highest BCUT2D eigenvalue weighted by Gasteiger charge is 2.30. The largest absolute Gasteiger partial charge is 0.466 e. The van der Waals surface area contributed by atoms with E-state index in [9.17, 15) is 38.4 Å². The first-order valence-corrected chi connectivity index (χ1v) is 23.4. The number of rotatable bonds is 32. The van der Waals surface area contributed by atoms with Crippen molar-refractivity contribution in [2.24, 2.45) is 0 Å². The number of alkyl carbamates (subject to hydrolysis) is 1. The molecule has 3 aromatic rings. The molecule has 3 atom stereocenters. The molecule has 0 aliphatic rings. The van der Waals surface area contributed by atoms with Crippen LogP contribution in [0.4, 0.5) is 4.79 Å². The van der Waals surface area contributed by atoms with Gasteiger partial charge in [-0.25, -0.2) is 14.4 Å². The standard InChI is InChI=1S/C51H68N4O15/c1-5-6-29-66-45(58)26-24-42(49(62)69-35-39-20-14-9-15-21-39)55-47(60)40(53-44(57)36-65-32-31-64-30-28-52-50(63)70-51(2,3)4)22-25-43(56)54-41(48(61)68-34-38-18-12-8-13-19-38)23-27-46(59)67-33-37-16-10-7-11-17-37/h7-21,40-42H,5-6,22-36H2,1-4H3,(H,52,63)(H,53,57)(H,54,56)(H,55,60). The number of hydrogen-bond acceptors (Lipinski definition) is 15. The summed E-state index contributed by atoms with van der Waals surface area (Å²) in [6.45, 7) is 6.89. The van der Waals surface area contributed by atoms with Crippen molar-refractivity contribution in [3.63, 3.8) is 0 Å². The molecule has 382 valence electrons. The maximum absolute atomic E-state index is 14.0. The molecule has 0 bridgehead atoms. The fraction of sp³-hybridized carbons (Fsp3) is 0.490. The summed E-state index contributed by atoms with van der Waals surface area (Å²) in [5, 5.41) is 10.3. The smallest absolute Gasteiger partial charge is 0.407 e. The number of nitrogens with one attached hydrogen (secondary N) is 4. The van der Waals surface area contributed by atoms with Gasteiger partial charge in [0.05, 0.1) is 26.4 Å². The molecule has 0 fully saturated rings. The Morgan fingerprint density at radius 1 is 0.514 bits per heavy atom. The first-order chi connectivity index (χ1) is 33.6. The first kappa shape index (κ1) is 57.5. The quantitative estimate of drug-likeness (QED) is 0.0369. The van der Waals surface area contributed by atoms with Crippen molar-refractivity contribution < 1.29 is 71.5 Å². The van der Waals surface area contributed by atoms with E-state index in [0.717, 1.165) is 12.0 Å². The van der Waals surface area contributed by atoms with Gasteiger partial charge in [0, 0.05) is 25.8 Å². The fourth-order valence-electron chi connectivity index (χ4n) is 6.14. The number of carbonyl (C=O) groups is 8. The lowest BCUT2D eigenvalue weighted by molar-refractivity contribution is -0.151. The molecule has 0 saturated heterocycles. The number of amides is 4. The Morgan fingerprint density at radius 2 is 0.986 bits per heavy atom. The van der Waals surface area contributed by atoms with Gasteiger partial charge in [-0.3, -0.25) is 24.0 Å². The highest BCUT2D eigenvalue weighted by molar-refractivity contribution is 5.92. The zero-order chi connectivity index (χ0) is 51.0. The van der Waals surface area contributed by atoms with Crippen LogP contribution in [0.1, 0.15) is 95.8 Å². The number of esters is 4. The van der Waals surface area contributed by atoms with Gasteiger partial charge in [0.25, 0.3) is 0 Å². The van der Waals surface area contributed by atoms with Crippen LogP contribution in [0.5, 0.6) is 0 Å². The number of unbranched alkanes of at least 4 members (excludes halogenated alkanes) is 1. The van der Waals surface area contributed by atoms with Crippen molar-refractivity contribution in [3.8, 4) is 0 Å². The Balaban J connectivity index is 1.71. The second-order valence-electron chi connectivity index (χ2n) is 16.9. The molecule has 4 amide bonds. The van der Waals surface area contributed by atoms with E-state index < -0.39 is 84.4 Å². The summed E-state index contributed by atoms with van der Waals surface area (Å²) in [5.74, 6) is -5.25. The number of hydrogen-bond donors (Lipinski definition) is 4. The van der Waals surface area contributed by atoms with Gasteiger partial charge in [-0.2, -0.15) is 0 Å². The van der Waals surface area contributed by atoms with Crippen LogP contribution < -0.4 is 21.3 Å². The summed E-state index contributed by atoms with van der Waals surface area (Å²) in [4.78, 5) is 105. The highest BCUT2D eigenvalue weighted by Crippen LogP contribution is 2.12. The van der Waals surface area contributed by atoms with Gasteiger partial charge in [-0.15, -0.1) is 0 Å². The predicted octanol–water partition coefficient (Wildman–Crippen LogP) is 4.91. The van der Waals surface area contributed by atoms with Gasteiger partial charge in [-0.1, -0.05) is 104 Å². The van der Waals surface area contributed by atoms with E-state index in [4.69, 9.17) is 33.2 Å². The van der Waals surface area contributed by atoms with Crippen LogP contribution in [-0.4, -0.2) is 111 Å². The Bertz CT molecular complexity index is 2070. The molecule has 0 heterocycles. The van der Waals surface area contributed by atoms with E-state index in [1.54, 1.807) is 106 Å². The molecule has 4 N–H and O–H groups in total. The SMILES string of the molecule is CCCCOC(=O)CCC(NC(=O)C(CCC(=O)NC(CCC(=O)OCc1ccccc1)C(=O)OCc1ccccc1)NC(=O)COCCOCCNC(=O)OC(C)(C)C)C(=O)OCc1ccccc1. The molecule has 0 saturated carbocycles. The average molecular weight is 977 g/mol. The van der Waals surface area contributed by atoms with Crippen LogP contribution >= 0.6 is 0 Å². The molecule has 3 unspecified atom stereocenters. The van der Waals surface area contributed by atoms with Gasteiger partial charge in [0.15, 0.2) is 0 Å². The van der Waals surface area contributed by atoms with E-state index in [2.05, 4.69) is 21.3 Å². The summed E-state index contributed by atoms with van der Waals surface area (Å²) in [5.41, 5.74) is 1.46. The monoisotopic (exact) mass is 976 g/mol. The van der Waals surface area contributed by atoms with Crippen LogP contribution in [0.15, 0.2) is 91.0 Å². The third kappa shape index (κ3) is 26.0. The minimum atomic E-state index is -1.45. The lowest BCUT2D eigenvalue weighted by Crippen LogP contribution is -2.53. The van der Waals surface area contributed by atoms with E-state index in [0.29, 0.717) is 17.5 Å². The summed E-state index contributed by atoms with van der Waals surface area (Å²) in [7, 11) is 0. The summed E-state index contributed by atoms with van der Waals surface area (Å²) in [6, 6.07) is 22.5. The van der Waals surface area contributed by atoms with Crippen molar-refractivity contribution in [2.75, 3.05) is 39.6 Å². The van der Waals surface area contributed by atoms with Crippen molar-refractivity contribution in [1.29, 1.82) is 0 Å². The predicted molar refractivity (Wildman–Crippen MR) is 254 cm³/mol. The number of ether oxygens (including phenoxy) is 7. The summed E-state index contributed by atoms with van der Waals surface area (Å²) < 4.78 is 37.7. The van der Waals surface area contributed by atoms with E-state index in [1.807, 2.05) is 13.0 Å². The lowest BCUT2D eigenvalue weighted by Gasteiger charge is -2.23. The van der Waals surface area contributed by atoms with Crippen LogP contribution in [0.2, 0.25) is 0 Å². The van der Waals surface area contributed by atoms with Crippen LogP contribution in [0.3, 0.4) is 0 Å². The van der Waals surface area contributed by atoms with E-state index in [-0.39, 0.29) is 84.9 Å². The normalized spacial score (nSPS) is 12.2. The van der Waals surface area contributed by atoms with Gasteiger partial charge >= 0.3 is 30.0 Å². The van der Waals surface area contributed by atoms with E-state index >= 15 is 0 Å². The molecule has 0 aliphatic carbocycles. The second-order valence-corrected chi connectivity index (χ2v) is 16.9. The zero-order valence-electron chi connectivity index (χ0n) is 40.5. The first-order valence-electron chi connectivity index (χ1n) is 23.4. The van der Waals surface area contributed by atoms with Crippen molar-refractivity contribution in [1.82, 2.24) is 21.3 Å². The maximum Gasteiger partial charge on any atom is 0.407 e. The maximum atomic E-state index is 14.0. The summed E-state index contributed by atoms with van der Waals surface area (Å²) in [6.07, 6.45) is -0.820. The zero-order valence-corrected chi connectivity index (χ0v) is 40.5. The Morgan fingerprint density at radius 3 is 1.51 bits per heavy atom. The number of benzene rings is 3. The minimum absolute atomic E-state index is 0.00683. The van der Waals surface area contributed by atoms with Crippen molar-refractivity contribution in [3.05, 3.63) is 108 Å². The molecule has 0 radical (unpaired) electrons. The molecule has 70 heavy (non-hydrogen) atoms. The Labute approximate surface area is 409 Å². The molecular weight excluding hydrogens is 909 g/mol. The third-order valence-electron chi connectivity index (χ3n) is 9.78. The van der Waals surface area contributed by atoms with Crippen LogP contribution in [0, 0.1) is 0 Å². The topological polar surface area (TPSA) is 249 Å². The van der Waals surface area contributed by atoms with Gasteiger partial charge in [0.2, 0.25) is 17.7 Å². The fourth-order valence-corrected chi connectivity index (χ4v) is 6.14. The van der Waals surface area contributed by atoms with Crippen molar-refractivity contribution in [2.45, 2.75) is 123 Å². The molecule has 3 rings (SSSR count). The number of carbonyl (C=O) groups excluding carboxylic acids is 8. The second kappa shape index (κ2) is 32.8. The molecular formula is C51H68N4O15. The molecule has 3 aromatic carbocycles. The van der Waals surface area contributed by atoms with E-state index in [1.165, 1.54) is 0 Å². The van der Waals surface area contributed by atoms with Crippen LogP contribution in [0.25, 0.3) is 0 Å². The van der Waals surface area contributed by atoms with Gasteiger partial charge in [-0.05, 0) is 63.1 Å². The molecule has 0 aromatic heterocycles. The lowest BCUT2D eigenvalue weighted by atomic mass is 10.1. The molecule has 19 nitrogen and oxygen atoms in total. The molecule has 19 heteroatoms. The molecule has 0 spiro atoms. The Hall–Kier alpha value is -6.86. The highest BCUT2D eigenvalue weighted by atomic mass is 16.6. The molecule has 0 aliphatic heterocycles. The van der Waals surface area contributed by atoms with Crippen molar-refractivity contribution >= 4 is 47.7 Å².